The van der Waals surface area contributed by atoms with E-state index in [-0.39, 0.29) is 17.7 Å². The molecule has 1 amide bonds. The summed E-state index contributed by atoms with van der Waals surface area (Å²) in [5, 5.41) is 10.9. The van der Waals surface area contributed by atoms with Gasteiger partial charge in [0.05, 0.1) is 11.8 Å². The molecule has 0 saturated carbocycles. The number of rotatable bonds is 7. The normalized spacial score (nSPS) is 11.9. The molecule has 0 saturated heterocycles. The van der Waals surface area contributed by atoms with E-state index in [1.165, 1.54) is 18.1 Å². The zero-order chi connectivity index (χ0) is 17.5. The van der Waals surface area contributed by atoms with Crippen molar-refractivity contribution in [1.29, 1.82) is 0 Å². The quantitative estimate of drug-likeness (QED) is 0.621. The highest BCUT2D eigenvalue weighted by molar-refractivity contribution is 7.99. The number of amides is 1. The number of hydrogen-bond donors (Lipinski definition) is 2. The number of nitrogens with zero attached hydrogens (tertiary/aromatic N) is 2. The van der Waals surface area contributed by atoms with Crippen molar-refractivity contribution in [2.45, 2.75) is 17.6 Å². The molecular formula is C18H17ClN4OS. The largest absolute Gasteiger partial charge is 0.348 e. The van der Waals surface area contributed by atoms with Crippen LogP contribution in [0.15, 0.2) is 66.1 Å². The Morgan fingerprint density at radius 1 is 1.16 bits per heavy atom. The predicted molar refractivity (Wildman–Crippen MR) is 99.6 cm³/mol. The Hall–Kier alpha value is -2.31. The first-order valence-electron chi connectivity index (χ1n) is 7.77. The first kappa shape index (κ1) is 17.5. The fourth-order valence-electron chi connectivity index (χ4n) is 2.43. The average molecular weight is 373 g/mol. The van der Waals surface area contributed by atoms with Crippen LogP contribution < -0.4 is 5.32 Å². The molecule has 0 aliphatic rings. The number of carbonyl (C=O) groups excluding carboxylic acids is 1. The molecule has 7 heteroatoms. The summed E-state index contributed by atoms with van der Waals surface area (Å²) in [5.41, 5.74) is 2.18. The number of H-pyrrole nitrogens is 1. The molecule has 25 heavy (non-hydrogen) atoms. The highest BCUT2D eigenvalue weighted by Crippen LogP contribution is 2.20. The summed E-state index contributed by atoms with van der Waals surface area (Å²) >= 11 is 7.28. The van der Waals surface area contributed by atoms with E-state index >= 15 is 0 Å². The second-order valence-corrected chi connectivity index (χ2v) is 6.84. The zero-order valence-corrected chi connectivity index (χ0v) is 14.9. The third kappa shape index (κ3) is 5.34. The molecule has 0 bridgehead atoms. The number of aromatic amines is 1. The van der Waals surface area contributed by atoms with Crippen LogP contribution in [0, 0.1) is 0 Å². The summed E-state index contributed by atoms with van der Waals surface area (Å²) in [5.74, 6) is 0.225. The van der Waals surface area contributed by atoms with Crippen molar-refractivity contribution in [1.82, 2.24) is 20.5 Å². The van der Waals surface area contributed by atoms with Gasteiger partial charge in [0.1, 0.15) is 6.33 Å². The molecule has 5 nitrogen and oxygen atoms in total. The molecule has 0 fully saturated rings. The minimum absolute atomic E-state index is 0.0517. The topological polar surface area (TPSA) is 70.7 Å². The van der Waals surface area contributed by atoms with Crippen LogP contribution >= 0.6 is 23.4 Å². The van der Waals surface area contributed by atoms with Crippen LogP contribution in [-0.4, -0.2) is 26.8 Å². The van der Waals surface area contributed by atoms with Gasteiger partial charge < -0.3 is 5.32 Å². The van der Waals surface area contributed by atoms with Crippen molar-refractivity contribution in [2.24, 2.45) is 0 Å². The predicted octanol–water partition coefficient (Wildman–Crippen LogP) is 3.65. The number of halogens is 1. The molecule has 3 rings (SSSR count). The molecule has 1 aromatic heterocycles. The maximum absolute atomic E-state index is 12.4. The summed E-state index contributed by atoms with van der Waals surface area (Å²) in [6.45, 7) is 0. The minimum Gasteiger partial charge on any atom is -0.348 e. The first-order chi connectivity index (χ1) is 12.2. The van der Waals surface area contributed by atoms with E-state index in [0.717, 1.165) is 11.1 Å². The van der Waals surface area contributed by atoms with Gasteiger partial charge >= 0.3 is 0 Å². The second kappa shape index (κ2) is 8.69. The molecule has 0 aliphatic carbocycles. The van der Waals surface area contributed by atoms with Gasteiger partial charge in [-0.1, -0.05) is 65.8 Å². The van der Waals surface area contributed by atoms with Gasteiger partial charge in [-0.2, -0.15) is 5.10 Å². The second-order valence-electron chi connectivity index (χ2n) is 5.44. The Bertz CT molecular complexity index is 794. The van der Waals surface area contributed by atoms with Gasteiger partial charge in [0.2, 0.25) is 5.91 Å². The highest BCUT2D eigenvalue weighted by atomic mass is 35.5. The summed E-state index contributed by atoms with van der Waals surface area (Å²) in [6.07, 6.45) is 2.12. The fourth-order valence-corrected chi connectivity index (χ4v) is 3.14. The van der Waals surface area contributed by atoms with Crippen LogP contribution in [0.1, 0.15) is 17.2 Å². The molecule has 0 radical (unpaired) electrons. The number of carbonyl (C=O) groups is 1. The smallest absolute Gasteiger partial charge is 0.230 e. The molecule has 128 valence electrons. The van der Waals surface area contributed by atoms with Gasteiger partial charge in [-0.25, -0.2) is 4.98 Å². The Morgan fingerprint density at radius 2 is 1.92 bits per heavy atom. The van der Waals surface area contributed by atoms with Gasteiger partial charge in [0.15, 0.2) is 5.16 Å². The summed E-state index contributed by atoms with van der Waals surface area (Å²) in [4.78, 5) is 16.4. The SMILES string of the molecule is O=C(CSc1ncn[nH]1)N[C@@H](Cc1ccc(Cl)cc1)c1ccccc1. The Labute approximate surface area is 155 Å². The van der Waals surface area contributed by atoms with E-state index in [2.05, 4.69) is 20.5 Å². The van der Waals surface area contributed by atoms with Gasteiger partial charge in [-0.3, -0.25) is 9.89 Å². The number of nitrogens with one attached hydrogen (secondary N) is 2. The van der Waals surface area contributed by atoms with Crippen molar-refractivity contribution in [3.63, 3.8) is 0 Å². The van der Waals surface area contributed by atoms with E-state index < -0.39 is 0 Å². The molecule has 0 aliphatic heterocycles. The third-order valence-electron chi connectivity index (χ3n) is 3.62. The zero-order valence-electron chi connectivity index (χ0n) is 13.4. The molecule has 2 aromatic carbocycles. The van der Waals surface area contributed by atoms with Crippen molar-refractivity contribution in [3.8, 4) is 0 Å². The number of benzene rings is 2. The molecule has 0 unspecified atom stereocenters. The van der Waals surface area contributed by atoms with Crippen LogP contribution in [-0.2, 0) is 11.2 Å². The van der Waals surface area contributed by atoms with Gasteiger partial charge in [-0.15, -0.1) is 0 Å². The third-order valence-corrected chi connectivity index (χ3v) is 4.75. The van der Waals surface area contributed by atoms with Gasteiger partial charge in [-0.05, 0) is 29.7 Å². The van der Waals surface area contributed by atoms with Gasteiger partial charge in [0, 0.05) is 5.02 Å². The number of thioether (sulfide) groups is 1. The van der Waals surface area contributed by atoms with Crippen LogP contribution in [0.2, 0.25) is 5.02 Å². The Kier molecular flexibility index (Phi) is 6.09. The molecule has 2 N–H and O–H groups in total. The minimum atomic E-state index is -0.106. The summed E-state index contributed by atoms with van der Waals surface area (Å²) in [6, 6.07) is 17.5. The summed E-state index contributed by atoms with van der Waals surface area (Å²) in [7, 11) is 0. The van der Waals surface area contributed by atoms with Crippen molar-refractivity contribution in [3.05, 3.63) is 77.1 Å². The monoisotopic (exact) mass is 372 g/mol. The van der Waals surface area contributed by atoms with E-state index in [9.17, 15) is 4.79 Å². The van der Waals surface area contributed by atoms with E-state index in [1.54, 1.807) is 0 Å². The number of hydrogen-bond acceptors (Lipinski definition) is 4. The lowest BCUT2D eigenvalue weighted by Gasteiger charge is -2.19. The molecule has 3 aromatic rings. The van der Waals surface area contributed by atoms with Crippen molar-refractivity contribution < 1.29 is 4.79 Å². The lowest BCUT2D eigenvalue weighted by molar-refractivity contribution is -0.119. The molecule has 0 spiro atoms. The average Bonchev–Trinajstić information content (AvgIpc) is 3.16. The van der Waals surface area contributed by atoms with Gasteiger partial charge in [0.25, 0.3) is 0 Å². The maximum Gasteiger partial charge on any atom is 0.230 e. The highest BCUT2D eigenvalue weighted by Gasteiger charge is 2.16. The first-order valence-corrected chi connectivity index (χ1v) is 9.14. The van der Waals surface area contributed by atoms with E-state index in [0.29, 0.717) is 16.6 Å². The molecular weight excluding hydrogens is 356 g/mol. The van der Waals surface area contributed by atoms with Crippen LogP contribution in [0.25, 0.3) is 0 Å². The van der Waals surface area contributed by atoms with Crippen LogP contribution in [0.4, 0.5) is 0 Å². The van der Waals surface area contributed by atoms with Crippen LogP contribution in [0.3, 0.4) is 0 Å². The van der Waals surface area contributed by atoms with Crippen molar-refractivity contribution >= 4 is 29.3 Å². The lowest BCUT2D eigenvalue weighted by Crippen LogP contribution is -2.31. The lowest BCUT2D eigenvalue weighted by atomic mass is 9.99. The van der Waals surface area contributed by atoms with Crippen molar-refractivity contribution in [2.75, 3.05) is 5.75 Å². The Balaban J connectivity index is 1.67. The summed E-state index contributed by atoms with van der Waals surface area (Å²) < 4.78 is 0. The fraction of sp³-hybridized carbons (Fsp3) is 0.167. The Morgan fingerprint density at radius 3 is 2.60 bits per heavy atom. The number of aromatic nitrogens is 3. The van der Waals surface area contributed by atoms with E-state index in [4.69, 9.17) is 11.6 Å². The maximum atomic E-state index is 12.4. The van der Waals surface area contributed by atoms with Crippen LogP contribution in [0.5, 0.6) is 0 Å². The standard InChI is InChI=1S/C18H17ClN4OS/c19-15-8-6-13(7-9-15)10-16(14-4-2-1-3-5-14)22-17(24)11-25-18-20-12-21-23-18/h1-9,12,16H,10-11H2,(H,22,24)(H,20,21,23)/t16-/m0/s1. The molecule has 1 heterocycles. The molecule has 1 atom stereocenters. The van der Waals surface area contributed by atoms with E-state index in [1.807, 2.05) is 54.6 Å².